The summed E-state index contributed by atoms with van der Waals surface area (Å²) >= 11 is 0. The van der Waals surface area contributed by atoms with Crippen LogP contribution in [0, 0.1) is 0 Å². The Morgan fingerprint density at radius 1 is 1.06 bits per heavy atom. The van der Waals surface area contributed by atoms with E-state index in [1.165, 1.54) is 17.3 Å². The van der Waals surface area contributed by atoms with Crippen molar-refractivity contribution in [2.75, 3.05) is 7.05 Å². The highest BCUT2D eigenvalue weighted by atomic mass is 19.3. The SMILES string of the molecule is CN(Cc1nccn1C(F)F)C(=O)c1cn(Cc2ccccc2)nc1-c1ccccc1. The van der Waals surface area contributed by atoms with E-state index >= 15 is 0 Å². The van der Waals surface area contributed by atoms with Gasteiger partial charge in [0.1, 0.15) is 11.5 Å². The van der Waals surface area contributed by atoms with Gasteiger partial charge in [-0.3, -0.25) is 14.0 Å². The summed E-state index contributed by atoms with van der Waals surface area (Å²) < 4.78 is 28.7. The molecule has 0 bridgehead atoms. The van der Waals surface area contributed by atoms with Crippen molar-refractivity contribution in [1.29, 1.82) is 0 Å². The van der Waals surface area contributed by atoms with E-state index in [1.807, 2.05) is 60.7 Å². The summed E-state index contributed by atoms with van der Waals surface area (Å²) in [6.45, 7) is -2.25. The molecule has 0 aliphatic heterocycles. The van der Waals surface area contributed by atoms with Crippen LogP contribution >= 0.6 is 0 Å². The van der Waals surface area contributed by atoms with Gasteiger partial charge in [0.25, 0.3) is 5.91 Å². The number of imidazole rings is 1. The summed E-state index contributed by atoms with van der Waals surface area (Å²) in [5, 5.41) is 4.65. The lowest BCUT2D eigenvalue weighted by molar-refractivity contribution is 0.0612. The Kier molecular flexibility index (Phi) is 5.88. The van der Waals surface area contributed by atoms with Gasteiger partial charge in [0, 0.05) is 31.2 Å². The van der Waals surface area contributed by atoms with Crippen molar-refractivity contribution in [3.8, 4) is 11.3 Å². The molecule has 6 nitrogen and oxygen atoms in total. The summed E-state index contributed by atoms with van der Waals surface area (Å²) in [5.41, 5.74) is 2.81. The molecule has 8 heteroatoms. The van der Waals surface area contributed by atoms with Gasteiger partial charge < -0.3 is 4.90 Å². The second kappa shape index (κ2) is 8.91. The molecule has 0 unspecified atom stereocenters. The number of nitrogens with zero attached hydrogens (tertiary/aromatic N) is 5. The average molecular weight is 421 g/mol. The highest BCUT2D eigenvalue weighted by Crippen LogP contribution is 2.24. The van der Waals surface area contributed by atoms with Gasteiger partial charge in [0.15, 0.2) is 0 Å². The number of hydrogen-bond acceptors (Lipinski definition) is 3. The molecule has 0 saturated carbocycles. The van der Waals surface area contributed by atoms with Gasteiger partial charge in [0.2, 0.25) is 0 Å². The molecule has 0 spiro atoms. The van der Waals surface area contributed by atoms with E-state index in [9.17, 15) is 13.6 Å². The minimum absolute atomic E-state index is 0.0474. The van der Waals surface area contributed by atoms with Crippen molar-refractivity contribution in [2.24, 2.45) is 0 Å². The molecule has 0 aliphatic rings. The van der Waals surface area contributed by atoms with E-state index < -0.39 is 6.55 Å². The number of carbonyl (C=O) groups is 1. The molecule has 4 aromatic rings. The Bertz CT molecular complexity index is 1160. The predicted molar refractivity (Wildman–Crippen MR) is 112 cm³/mol. The molecule has 2 aromatic carbocycles. The van der Waals surface area contributed by atoms with E-state index in [2.05, 4.69) is 10.1 Å². The maximum absolute atomic E-state index is 13.3. The Balaban J connectivity index is 1.65. The number of carbonyl (C=O) groups excluding carboxylic acids is 1. The van der Waals surface area contributed by atoms with Crippen molar-refractivity contribution in [1.82, 2.24) is 24.2 Å². The van der Waals surface area contributed by atoms with Crippen LogP contribution in [-0.4, -0.2) is 37.2 Å². The summed E-state index contributed by atoms with van der Waals surface area (Å²) in [7, 11) is 1.57. The van der Waals surface area contributed by atoms with Crippen molar-refractivity contribution < 1.29 is 13.6 Å². The molecule has 158 valence electrons. The fourth-order valence-electron chi connectivity index (χ4n) is 3.37. The molecule has 4 rings (SSSR count). The average Bonchev–Trinajstić information content (AvgIpc) is 3.42. The fraction of sp³-hybridized carbons (Fsp3) is 0.174. The van der Waals surface area contributed by atoms with Crippen molar-refractivity contribution in [2.45, 2.75) is 19.6 Å². The first kappa shape index (κ1) is 20.5. The first-order valence-electron chi connectivity index (χ1n) is 9.75. The summed E-state index contributed by atoms with van der Waals surface area (Å²) in [6, 6.07) is 19.2. The van der Waals surface area contributed by atoms with Crippen LogP contribution in [0.3, 0.4) is 0 Å². The fourth-order valence-corrected chi connectivity index (χ4v) is 3.37. The van der Waals surface area contributed by atoms with Gasteiger partial charge in [-0.1, -0.05) is 60.7 Å². The van der Waals surface area contributed by atoms with Crippen LogP contribution in [0.2, 0.25) is 0 Å². The second-order valence-electron chi connectivity index (χ2n) is 7.13. The molecule has 0 N–H and O–H groups in total. The van der Waals surface area contributed by atoms with E-state index in [0.717, 1.165) is 15.7 Å². The molecular weight excluding hydrogens is 400 g/mol. The first-order chi connectivity index (χ1) is 15.0. The van der Waals surface area contributed by atoms with E-state index in [4.69, 9.17) is 0 Å². The van der Waals surface area contributed by atoms with Gasteiger partial charge >= 0.3 is 6.55 Å². The van der Waals surface area contributed by atoms with Gasteiger partial charge in [0.05, 0.1) is 18.7 Å². The highest BCUT2D eigenvalue weighted by molar-refractivity contribution is 5.99. The molecule has 1 amide bonds. The third-order valence-corrected chi connectivity index (χ3v) is 4.91. The maximum Gasteiger partial charge on any atom is 0.319 e. The van der Waals surface area contributed by atoms with E-state index in [-0.39, 0.29) is 18.3 Å². The topological polar surface area (TPSA) is 56.0 Å². The zero-order chi connectivity index (χ0) is 21.8. The molecule has 2 aromatic heterocycles. The smallest absolute Gasteiger partial charge is 0.319 e. The van der Waals surface area contributed by atoms with Crippen LogP contribution < -0.4 is 0 Å². The summed E-state index contributed by atoms with van der Waals surface area (Å²) in [6.07, 6.45) is 4.20. The minimum atomic E-state index is -2.71. The Labute approximate surface area is 178 Å². The minimum Gasteiger partial charge on any atom is -0.334 e. The number of benzene rings is 2. The van der Waals surface area contributed by atoms with Crippen LogP contribution in [0.15, 0.2) is 79.3 Å². The molecule has 0 fully saturated rings. The molecule has 31 heavy (non-hydrogen) atoms. The monoisotopic (exact) mass is 421 g/mol. The first-order valence-corrected chi connectivity index (χ1v) is 9.75. The van der Waals surface area contributed by atoms with E-state index in [1.54, 1.807) is 17.9 Å². The zero-order valence-electron chi connectivity index (χ0n) is 16.9. The maximum atomic E-state index is 13.3. The number of aromatic nitrogens is 4. The quantitative estimate of drug-likeness (QED) is 0.443. The molecule has 0 radical (unpaired) electrons. The number of hydrogen-bond donors (Lipinski definition) is 0. The van der Waals surface area contributed by atoms with Crippen LogP contribution in [0.4, 0.5) is 8.78 Å². The van der Waals surface area contributed by atoms with Gasteiger partial charge in [-0.05, 0) is 5.56 Å². The number of rotatable bonds is 7. The molecule has 2 heterocycles. The van der Waals surface area contributed by atoms with Crippen molar-refractivity contribution in [3.05, 3.63) is 96.2 Å². The Morgan fingerprint density at radius 2 is 1.74 bits per heavy atom. The number of amides is 1. The van der Waals surface area contributed by atoms with Crippen molar-refractivity contribution >= 4 is 5.91 Å². The van der Waals surface area contributed by atoms with E-state index in [0.29, 0.717) is 17.8 Å². The third kappa shape index (κ3) is 4.53. The number of halogens is 2. The van der Waals surface area contributed by atoms with Crippen LogP contribution in [0.1, 0.15) is 28.3 Å². The van der Waals surface area contributed by atoms with Crippen LogP contribution in [0.5, 0.6) is 0 Å². The standard InChI is InChI=1S/C23H21F2N5O/c1-28(16-20-26-12-13-30(20)23(24)25)22(31)19-15-29(14-17-8-4-2-5-9-17)27-21(19)18-10-6-3-7-11-18/h2-13,15,23H,14,16H2,1H3. The second-order valence-corrected chi connectivity index (χ2v) is 7.13. The highest BCUT2D eigenvalue weighted by Gasteiger charge is 2.23. The zero-order valence-corrected chi connectivity index (χ0v) is 16.9. The molecule has 0 saturated heterocycles. The van der Waals surface area contributed by atoms with Crippen LogP contribution in [0.25, 0.3) is 11.3 Å². The summed E-state index contributed by atoms with van der Waals surface area (Å²) in [5.74, 6) is -0.203. The van der Waals surface area contributed by atoms with Gasteiger partial charge in [-0.15, -0.1) is 0 Å². The normalized spacial score (nSPS) is 11.1. The van der Waals surface area contributed by atoms with Gasteiger partial charge in [-0.2, -0.15) is 13.9 Å². The Hall–Kier alpha value is -3.81. The predicted octanol–water partition coefficient (Wildman–Crippen LogP) is 4.46. The lowest BCUT2D eigenvalue weighted by Crippen LogP contribution is -2.28. The lowest BCUT2D eigenvalue weighted by atomic mass is 10.1. The van der Waals surface area contributed by atoms with Crippen molar-refractivity contribution in [3.63, 3.8) is 0 Å². The molecular formula is C23H21F2N5O. The third-order valence-electron chi connectivity index (χ3n) is 4.91. The van der Waals surface area contributed by atoms with Crippen LogP contribution in [-0.2, 0) is 13.1 Å². The molecule has 0 atom stereocenters. The Morgan fingerprint density at radius 3 is 2.42 bits per heavy atom. The largest absolute Gasteiger partial charge is 0.334 e. The molecule has 0 aliphatic carbocycles. The summed E-state index contributed by atoms with van der Waals surface area (Å²) in [4.78, 5) is 18.6. The number of alkyl halides is 2. The van der Waals surface area contributed by atoms with Gasteiger partial charge in [-0.25, -0.2) is 4.98 Å². The lowest BCUT2D eigenvalue weighted by Gasteiger charge is -2.17.